The number of unbranched alkanes of at least 4 members (excludes halogenated alkanes) is 2. The minimum absolute atomic E-state index is 0.204. The first-order valence-electron chi connectivity index (χ1n) is 8.11. The molecule has 0 aliphatic heterocycles. The van der Waals surface area contributed by atoms with Gasteiger partial charge in [0.1, 0.15) is 5.75 Å². The van der Waals surface area contributed by atoms with E-state index < -0.39 is 14.3 Å². The fourth-order valence-corrected chi connectivity index (χ4v) is 2.99. The SMILES string of the molecule is CC(C)(C)[Si](C)(C)Oc1ccc(CCCCCC(=O)O)cc1. The standard InChI is InChI=1S/C18H30O3Si/c1-18(2,3)22(4,5)21-16-13-11-15(12-14-16)9-7-6-8-10-17(19)20/h11-14H,6-10H2,1-5H3,(H,19,20). The van der Waals surface area contributed by atoms with Crippen LogP contribution in [0.15, 0.2) is 24.3 Å². The molecule has 1 N–H and O–H groups in total. The van der Waals surface area contributed by atoms with Gasteiger partial charge in [-0.2, -0.15) is 0 Å². The zero-order chi connectivity index (χ0) is 16.8. The third-order valence-electron chi connectivity index (χ3n) is 4.46. The molecule has 1 aromatic rings. The maximum Gasteiger partial charge on any atom is 0.303 e. The van der Waals surface area contributed by atoms with Gasteiger partial charge in [0.15, 0.2) is 0 Å². The average molecular weight is 323 g/mol. The quantitative estimate of drug-likeness (QED) is 0.524. The van der Waals surface area contributed by atoms with Gasteiger partial charge in [-0.3, -0.25) is 4.79 Å². The summed E-state index contributed by atoms with van der Waals surface area (Å²) >= 11 is 0. The summed E-state index contributed by atoms with van der Waals surface area (Å²) in [6.45, 7) is 11.2. The lowest BCUT2D eigenvalue weighted by Gasteiger charge is -2.36. The molecule has 3 nitrogen and oxygen atoms in total. The topological polar surface area (TPSA) is 46.5 Å². The van der Waals surface area contributed by atoms with Crippen LogP contribution in [0.5, 0.6) is 5.75 Å². The van der Waals surface area contributed by atoms with Gasteiger partial charge in [0, 0.05) is 6.42 Å². The second-order valence-corrected chi connectivity index (χ2v) is 12.2. The van der Waals surface area contributed by atoms with Gasteiger partial charge in [-0.25, -0.2) is 0 Å². The van der Waals surface area contributed by atoms with Crippen molar-refractivity contribution in [3.8, 4) is 5.75 Å². The number of carboxylic acids is 1. The highest BCUT2D eigenvalue weighted by Crippen LogP contribution is 2.37. The lowest BCUT2D eigenvalue weighted by Crippen LogP contribution is -2.43. The minimum Gasteiger partial charge on any atom is -0.544 e. The van der Waals surface area contributed by atoms with Crippen molar-refractivity contribution in [2.75, 3.05) is 0 Å². The Morgan fingerprint density at radius 1 is 1.09 bits per heavy atom. The Morgan fingerprint density at radius 2 is 1.68 bits per heavy atom. The third kappa shape index (κ3) is 6.22. The van der Waals surface area contributed by atoms with Crippen LogP contribution < -0.4 is 4.43 Å². The van der Waals surface area contributed by atoms with E-state index in [0.717, 1.165) is 31.4 Å². The molecule has 0 radical (unpaired) electrons. The van der Waals surface area contributed by atoms with Crippen molar-refractivity contribution in [2.24, 2.45) is 0 Å². The first kappa shape index (κ1) is 18.8. The first-order chi connectivity index (χ1) is 10.1. The maximum absolute atomic E-state index is 10.4. The van der Waals surface area contributed by atoms with E-state index in [0.29, 0.717) is 0 Å². The molecule has 1 aromatic carbocycles. The normalized spacial score (nSPS) is 12.2. The Bertz CT molecular complexity index is 472. The molecule has 0 bridgehead atoms. The lowest BCUT2D eigenvalue weighted by atomic mass is 10.1. The Balaban J connectivity index is 2.45. The summed E-state index contributed by atoms with van der Waals surface area (Å²) in [4.78, 5) is 10.4. The van der Waals surface area contributed by atoms with E-state index in [2.05, 4.69) is 58.1 Å². The molecule has 0 saturated heterocycles. The number of benzene rings is 1. The van der Waals surface area contributed by atoms with Gasteiger partial charge in [0.25, 0.3) is 0 Å². The molecule has 0 aromatic heterocycles. The second-order valence-electron chi connectivity index (χ2n) is 7.46. The van der Waals surface area contributed by atoms with E-state index in [1.807, 2.05) is 0 Å². The van der Waals surface area contributed by atoms with Gasteiger partial charge in [-0.15, -0.1) is 0 Å². The number of aryl methyl sites for hydroxylation is 1. The second kappa shape index (κ2) is 7.81. The highest BCUT2D eigenvalue weighted by Gasteiger charge is 2.38. The zero-order valence-electron chi connectivity index (χ0n) is 14.6. The van der Waals surface area contributed by atoms with Crippen molar-refractivity contribution < 1.29 is 14.3 Å². The summed E-state index contributed by atoms with van der Waals surface area (Å²) < 4.78 is 6.26. The number of carboxylic acid groups (broad SMARTS) is 1. The first-order valence-corrected chi connectivity index (χ1v) is 11.0. The summed E-state index contributed by atoms with van der Waals surface area (Å²) in [5.41, 5.74) is 1.29. The molecule has 0 fully saturated rings. The van der Waals surface area contributed by atoms with Crippen LogP contribution >= 0.6 is 0 Å². The third-order valence-corrected chi connectivity index (χ3v) is 8.82. The molecule has 0 unspecified atom stereocenters. The van der Waals surface area contributed by atoms with Crippen LogP contribution in [0.1, 0.15) is 52.0 Å². The number of hydrogen-bond acceptors (Lipinski definition) is 2. The summed E-state index contributed by atoms with van der Waals surface area (Å²) in [6, 6.07) is 8.37. The Labute approximate surface area is 135 Å². The summed E-state index contributed by atoms with van der Waals surface area (Å²) in [5, 5.41) is 8.80. The smallest absolute Gasteiger partial charge is 0.303 e. The zero-order valence-corrected chi connectivity index (χ0v) is 15.6. The lowest BCUT2D eigenvalue weighted by molar-refractivity contribution is -0.137. The van der Waals surface area contributed by atoms with Crippen LogP contribution in [0, 0.1) is 0 Å². The Hall–Kier alpha value is -1.29. The molecule has 0 aliphatic rings. The molecular weight excluding hydrogens is 292 g/mol. The molecule has 0 spiro atoms. The van der Waals surface area contributed by atoms with E-state index in [-0.39, 0.29) is 11.5 Å². The molecular formula is C18H30O3Si. The van der Waals surface area contributed by atoms with Gasteiger partial charge in [0.05, 0.1) is 0 Å². The number of rotatable bonds is 8. The van der Waals surface area contributed by atoms with Crippen LogP contribution in [0.2, 0.25) is 18.1 Å². The van der Waals surface area contributed by atoms with Gasteiger partial charge >= 0.3 is 5.97 Å². The van der Waals surface area contributed by atoms with Crippen LogP contribution in [0.3, 0.4) is 0 Å². The Morgan fingerprint density at radius 3 is 2.18 bits per heavy atom. The van der Waals surface area contributed by atoms with Gasteiger partial charge in [-0.05, 0) is 55.1 Å². The number of aliphatic carboxylic acids is 1. The van der Waals surface area contributed by atoms with Crippen molar-refractivity contribution in [3.05, 3.63) is 29.8 Å². The summed E-state index contributed by atoms with van der Waals surface area (Å²) in [6.07, 6.45) is 4.05. The maximum atomic E-state index is 10.4. The van der Waals surface area contributed by atoms with Gasteiger partial charge in [-0.1, -0.05) is 39.3 Å². The van der Waals surface area contributed by atoms with Gasteiger partial charge < -0.3 is 9.53 Å². The van der Waals surface area contributed by atoms with Crippen LogP contribution in [0.4, 0.5) is 0 Å². The monoisotopic (exact) mass is 322 g/mol. The molecule has 22 heavy (non-hydrogen) atoms. The molecule has 0 heterocycles. The molecule has 124 valence electrons. The fourth-order valence-electron chi connectivity index (χ4n) is 1.95. The van der Waals surface area contributed by atoms with Crippen molar-refractivity contribution in [2.45, 2.75) is 71.0 Å². The Kier molecular flexibility index (Phi) is 6.66. The average Bonchev–Trinajstić information content (AvgIpc) is 2.38. The minimum atomic E-state index is -1.77. The van der Waals surface area contributed by atoms with E-state index in [4.69, 9.17) is 9.53 Å². The number of hydrogen-bond donors (Lipinski definition) is 1. The van der Waals surface area contributed by atoms with Gasteiger partial charge in [0.2, 0.25) is 8.32 Å². The number of carbonyl (C=O) groups is 1. The summed E-state index contributed by atoms with van der Waals surface area (Å²) in [5.74, 6) is 0.258. The van der Waals surface area contributed by atoms with Crippen LogP contribution in [-0.2, 0) is 11.2 Å². The largest absolute Gasteiger partial charge is 0.544 e. The van der Waals surface area contributed by atoms with Crippen molar-refractivity contribution in [3.63, 3.8) is 0 Å². The summed E-state index contributed by atoms with van der Waals surface area (Å²) in [7, 11) is -1.77. The molecule has 1 rings (SSSR count). The van der Waals surface area contributed by atoms with Crippen molar-refractivity contribution >= 4 is 14.3 Å². The molecule has 0 saturated carbocycles. The van der Waals surface area contributed by atoms with E-state index in [1.165, 1.54) is 5.56 Å². The van der Waals surface area contributed by atoms with E-state index in [1.54, 1.807) is 0 Å². The predicted octanol–water partition coefficient (Wildman–Crippen LogP) is 5.26. The van der Waals surface area contributed by atoms with E-state index in [9.17, 15) is 4.79 Å². The highest BCUT2D eigenvalue weighted by atomic mass is 28.4. The molecule has 4 heteroatoms. The van der Waals surface area contributed by atoms with Crippen LogP contribution in [0.25, 0.3) is 0 Å². The predicted molar refractivity (Wildman–Crippen MR) is 94.1 cm³/mol. The van der Waals surface area contributed by atoms with Crippen molar-refractivity contribution in [1.82, 2.24) is 0 Å². The molecule has 0 atom stereocenters. The molecule has 0 aliphatic carbocycles. The highest BCUT2D eigenvalue weighted by molar-refractivity contribution is 6.74. The van der Waals surface area contributed by atoms with Crippen LogP contribution in [-0.4, -0.2) is 19.4 Å². The van der Waals surface area contributed by atoms with E-state index >= 15 is 0 Å². The fraction of sp³-hybridized carbons (Fsp3) is 0.611. The van der Waals surface area contributed by atoms with Crippen molar-refractivity contribution in [1.29, 1.82) is 0 Å². The molecule has 0 amide bonds.